The Morgan fingerprint density at radius 1 is 1.60 bits per heavy atom. The molecule has 0 atom stereocenters. The van der Waals surface area contributed by atoms with Gasteiger partial charge in [0.2, 0.25) is 0 Å². The predicted molar refractivity (Wildman–Crippen MR) is 57.3 cm³/mol. The highest BCUT2D eigenvalue weighted by molar-refractivity contribution is 5.49. The summed E-state index contributed by atoms with van der Waals surface area (Å²) in [6.45, 7) is 1.94. The number of nitrogen functional groups attached to an aromatic ring is 1. The number of aliphatic hydroxyl groups is 1. The highest BCUT2D eigenvalue weighted by atomic mass is 16.5. The van der Waals surface area contributed by atoms with E-state index in [-0.39, 0.29) is 6.10 Å². The summed E-state index contributed by atoms with van der Waals surface area (Å²) in [6.07, 6.45) is 2.98. The minimum absolute atomic E-state index is 0.133. The Balaban J connectivity index is 2.31. The van der Waals surface area contributed by atoms with E-state index in [9.17, 15) is 5.11 Å². The van der Waals surface area contributed by atoms with Crippen LogP contribution in [0, 0.1) is 6.92 Å². The second-order valence-corrected chi connectivity index (χ2v) is 4.19. The molecule has 0 spiro atoms. The summed E-state index contributed by atoms with van der Waals surface area (Å²) in [7, 11) is 1.66. The van der Waals surface area contributed by atoms with Crippen molar-refractivity contribution in [3.8, 4) is 0 Å². The molecule has 0 unspecified atom stereocenters. The fourth-order valence-electron chi connectivity index (χ4n) is 2.25. The summed E-state index contributed by atoms with van der Waals surface area (Å²) >= 11 is 0. The van der Waals surface area contributed by atoms with Gasteiger partial charge in [0.25, 0.3) is 0 Å². The van der Waals surface area contributed by atoms with E-state index in [0.29, 0.717) is 18.7 Å². The molecule has 15 heavy (non-hydrogen) atoms. The van der Waals surface area contributed by atoms with Crippen LogP contribution >= 0.6 is 0 Å². The number of aryl methyl sites for hydroxylation is 1. The van der Waals surface area contributed by atoms with Gasteiger partial charge in [-0.3, -0.25) is 0 Å². The van der Waals surface area contributed by atoms with Crippen molar-refractivity contribution in [1.29, 1.82) is 0 Å². The lowest BCUT2D eigenvalue weighted by Gasteiger charge is -2.43. The maximum atomic E-state index is 10.3. The molecule has 0 radical (unpaired) electrons. The molecule has 82 valence electrons. The lowest BCUT2D eigenvalue weighted by molar-refractivity contribution is -0.133. The van der Waals surface area contributed by atoms with E-state index < -0.39 is 5.60 Å². The molecule has 4 heteroatoms. The Kier molecular flexibility index (Phi) is 2.40. The Morgan fingerprint density at radius 3 is 2.80 bits per heavy atom. The first-order valence-electron chi connectivity index (χ1n) is 5.03. The number of hydrogen-bond acceptors (Lipinski definition) is 4. The number of aromatic nitrogens is 1. The first-order chi connectivity index (χ1) is 7.07. The van der Waals surface area contributed by atoms with Crippen LogP contribution in [0.15, 0.2) is 12.3 Å². The monoisotopic (exact) mass is 208 g/mol. The van der Waals surface area contributed by atoms with Gasteiger partial charge in [0.15, 0.2) is 0 Å². The summed E-state index contributed by atoms with van der Waals surface area (Å²) in [6, 6.07) is 1.86. The van der Waals surface area contributed by atoms with Crippen LogP contribution in [0.2, 0.25) is 0 Å². The molecular weight excluding hydrogens is 192 g/mol. The number of hydrogen-bond donors (Lipinski definition) is 2. The second-order valence-electron chi connectivity index (χ2n) is 4.19. The van der Waals surface area contributed by atoms with Crippen LogP contribution in [-0.2, 0) is 10.3 Å². The summed E-state index contributed by atoms with van der Waals surface area (Å²) < 4.78 is 5.16. The van der Waals surface area contributed by atoms with E-state index in [1.165, 1.54) is 0 Å². The lowest BCUT2D eigenvalue weighted by atomic mass is 9.71. The molecular formula is C11H16N2O2. The maximum absolute atomic E-state index is 10.3. The topological polar surface area (TPSA) is 68.4 Å². The summed E-state index contributed by atoms with van der Waals surface area (Å²) in [5.74, 6) is 0.423. The van der Waals surface area contributed by atoms with Gasteiger partial charge in [-0.05, 0) is 18.6 Å². The molecule has 0 amide bonds. The normalized spacial score (nSPS) is 29.9. The highest BCUT2D eigenvalue weighted by Gasteiger charge is 2.46. The van der Waals surface area contributed by atoms with Crippen molar-refractivity contribution in [3.63, 3.8) is 0 Å². The molecule has 1 fully saturated rings. The zero-order valence-corrected chi connectivity index (χ0v) is 9.03. The van der Waals surface area contributed by atoms with Crippen molar-refractivity contribution in [2.45, 2.75) is 31.5 Å². The lowest BCUT2D eigenvalue weighted by Crippen LogP contribution is -2.46. The van der Waals surface area contributed by atoms with E-state index in [4.69, 9.17) is 10.5 Å². The van der Waals surface area contributed by atoms with Crippen molar-refractivity contribution in [1.82, 2.24) is 4.98 Å². The molecule has 1 aliphatic rings. The van der Waals surface area contributed by atoms with Crippen LogP contribution in [0.4, 0.5) is 5.82 Å². The van der Waals surface area contributed by atoms with Gasteiger partial charge in [0, 0.05) is 31.7 Å². The predicted octanol–water partition coefficient (Wildman–Crippen LogP) is 0.969. The van der Waals surface area contributed by atoms with Gasteiger partial charge in [0.05, 0.1) is 11.7 Å². The molecule has 0 aliphatic heterocycles. The van der Waals surface area contributed by atoms with E-state index in [0.717, 1.165) is 11.1 Å². The molecule has 1 aliphatic carbocycles. The number of nitrogens with two attached hydrogens (primary N) is 1. The zero-order chi connectivity index (χ0) is 11.1. The molecule has 0 aromatic carbocycles. The zero-order valence-electron chi connectivity index (χ0n) is 9.03. The van der Waals surface area contributed by atoms with Crippen LogP contribution in [0.1, 0.15) is 24.0 Å². The molecule has 4 nitrogen and oxygen atoms in total. The highest BCUT2D eigenvalue weighted by Crippen LogP contribution is 2.45. The van der Waals surface area contributed by atoms with Crippen molar-refractivity contribution >= 4 is 5.82 Å². The fourth-order valence-corrected chi connectivity index (χ4v) is 2.25. The Morgan fingerprint density at radius 2 is 2.27 bits per heavy atom. The minimum atomic E-state index is -0.844. The smallest absolute Gasteiger partial charge is 0.129 e. The quantitative estimate of drug-likeness (QED) is 0.759. The van der Waals surface area contributed by atoms with Gasteiger partial charge in [-0.2, -0.15) is 0 Å². The van der Waals surface area contributed by atoms with Crippen molar-refractivity contribution in [2.75, 3.05) is 12.8 Å². The van der Waals surface area contributed by atoms with E-state index >= 15 is 0 Å². The maximum Gasteiger partial charge on any atom is 0.129 e. The number of ether oxygens (including phenoxy) is 1. The standard InChI is InChI=1S/C11H16N2O2/c1-7-3-4-13-10(12)9(7)11(14)5-8(6-11)15-2/h3-4,8,14H,5-6H2,1-2H3,(H2,12,13). The first kappa shape index (κ1) is 10.4. The first-order valence-corrected chi connectivity index (χ1v) is 5.03. The SMILES string of the molecule is COC1CC(O)(c2c(C)ccnc2N)C1. The molecule has 3 N–H and O–H groups in total. The van der Waals surface area contributed by atoms with E-state index in [1.54, 1.807) is 13.3 Å². The van der Waals surface area contributed by atoms with Gasteiger partial charge in [-0.25, -0.2) is 4.98 Å². The van der Waals surface area contributed by atoms with Crippen LogP contribution in [0.5, 0.6) is 0 Å². The van der Waals surface area contributed by atoms with Crippen molar-refractivity contribution in [3.05, 3.63) is 23.4 Å². The molecule has 0 bridgehead atoms. The van der Waals surface area contributed by atoms with E-state index in [2.05, 4.69) is 4.98 Å². The van der Waals surface area contributed by atoms with Crippen LogP contribution in [-0.4, -0.2) is 23.3 Å². The fraction of sp³-hybridized carbons (Fsp3) is 0.545. The van der Waals surface area contributed by atoms with E-state index in [1.807, 2.05) is 13.0 Å². The van der Waals surface area contributed by atoms with Gasteiger partial charge >= 0.3 is 0 Å². The molecule has 1 saturated carbocycles. The largest absolute Gasteiger partial charge is 0.385 e. The van der Waals surface area contributed by atoms with Crippen LogP contribution < -0.4 is 5.73 Å². The molecule has 2 rings (SSSR count). The third kappa shape index (κ3) is 1.60. The summed E-state index contributed by atoms with van der Waals surface area (Å²) in [4.78, 5) is 4.02. The van der Waals surface area contributed by atoms with Gasteiger partial charge < -0.3 is 15.6 Å². The third-order valence-electron chi connectivity index (χ3n) is 3.12. The average molecular weight is 208 g/mol. The molecule has 1 aromatic rings. The third-order valence-corrected chi connectivity index (χ3v) is 3.12. The average Bonchev–Trinajstić information content (AvgIpc) is 2.13. The Bertz CT molecular complexity index is 353. The Labute approximate surface area is 89.1 Å². The summed E-state index contributed by atoms with van der Waals surface area (Å²) in [5.41, 5.74) is 6.70. The van der Waals surface area contributed by atoms with Crippen LogP contribution in [0.3, 0.4) is 0 Å². The number of methoxy groups -OCH3 is 1. The van der Waals surface area contributed by atoms with Gasteiger partial charge in [-0.1, -0.05) is 0 Å². The number of nitrogens with zero attached hydrogens (tertiary/aromatic N) is 1. The van der Waals surface area contributed by atoms with Crippen molar-refractivity contribution in [2.24, 2.45) is 0 Å². The molecule has 0 saturated heterocycles. The Hall–Kier alpha value is -1.13. The summed E-state index contributed by atoms with van der Waals surface area (Å²) in [5, 5.41) is 10.3. The van der Waals surface area contributed by atoms with Crippen LogP contribution in [0.25, 0.3) is 0 Å². The van der Waals surface area contributed by atoms with Crippen molar-refractivity contribution < 1.29 is 9.84 Å². The van der Waals surface area contributed by atoms with Gasteiger partial charge in [0.1, 0.15) is 5.82 Å². The van der Waals surface area contributed by atoms with Gasteiger partial charge in [-0.15, -0.1) is 0 Å². The number of rotatable bonds is 2. The number of pyridine rings is 1. The molecule has 1 heterocycles. The minimum Gasteiger partial charge on any atom is -0.385 e. The number of anilines is 1. The molecule has 1 aromatic heterocycles. The second kappa shape index (κ2) is 3.47.